The zero-order chi connectivity index (χ0) is 17.1. The SMILES string of the molecule is CC.CC(C)C(=O)N1Cc2cc(F)ccc2CC1C(C)(C)C. The van der Waals surface area contributed by atoms with Crippen LogP contribution in [0, 0.1) is 17.2 Å². The minimum atomic E-state index is -0.227. The van der Waals surface area contributed by atoms with Crippen molar-refractivity contribution < 1.29 is 9.18 Å². The molecule has 1 aromatic carbocycles. The minimum Gasteiger partial charge on any atom is -0.334 e. The van der Waals surface area contributed by atoms with Gasteiger partial charge in [-0.1, -0.05) is 54.5 Å². The number of rotatable bonds is 1. The highest BCUT2D eigenvalue weighted by molar-refractivity contribution is 5.79. The van der Waals surface area contributed by atoms with Crippen molar-refractivity contribution in [3.05, 3.63) is 35.1 Å². The van der Waals surface area contributed by atoms with Crippen molar-refractivity contribution >= 4 is 5.91 Å². The van der Waals surface area contributed by atoms with E-state index >= 15 is 0 Å². The Morgan fingerprint density at radius 2 is 1.82 bits per heavy atom. The van der Waals surface area contributed by atoms with Crippen LogP contribution in [0.5, 0.6) is 0 Å². The van der Waals surface area contributed by atoms with Gasteiger partial charge in [0, 0.05) is 18.5 Å². The first kappa shape index (κ1) is 18.7. The monoisotopic (exact) mass is 307 g/mol. The van der Waals surface area contributed by atoms with Gasteiger partial charge in [-0.3, -0.25) is 4.79 Å². The van der Waals surface area contributed by atoms with Gasteiger partial charge in [0.25, 0.3) is 0 Å². The lowest BCUT2D eigenvalue weighted by atomic mass is 9.78. The Kier molecular flexibility index (Phi) is 6.16. The minimum absolute atomic E-state index is 0.0105. The molecule has 1 aromatic rings. The smallest absolute Gasteiger partial charge is 0.225 e. The van der Waals surface area contributed by atoms with E-state index in [-0.39, 0.29) is 29.1 Å². The first-order valence-electron chi connectivity index (χ1n) is 8.28. The van der Waals surface area contributed by atoms with Crippen molar-refractivity contribution in [2.75, 3.05) is 0 Å². The molecule has 0 spiro atoms. The summed E-state index contributed by atoms with van der Waals surface area (Å²) in [5, 5.41) is 0. The summed E-state index contributed by atoms with van der Waals surface area (Å²) in [6.07, 6.45) is 0.803. The van der Waals surface area contributed by atoms with Crippen LogP contribution in [-0.2, 0) is 17.8 Å². The van der Waals surface area contributed by atoms with E-state index in [1.54, 1.807) is 6.07 Å². The second-order valence-corrected chi connectivity index (χ2v) is 7.12. The number of carbonyl (C=O) groups is 1. The molecule has 0 N–H and O–H groups in total. The van der Waals surface area contributed by atoms with Crippen LogP contribution in [0.3, 0.4) is 0 Å². The van der Waals surface area contributed by atoms with Gasteiger partial charge in [-0.15, -0.1) is 0 Å². The van der Waals surface area contributed by atoms with Gasteiger partial charge in [-0.05, 0) is 35.1 Å². The van der Waals surface area contributed by atoms with Crippen molar-refractivity contribution in [1.82, 2.24) is 4.90 Å². The summed E-state index contributed by atoms with van der Waals surface area (Å²) in [6.45, 7) is 14.8. The Balaban J connectivity index is 0.00000116. The Morgan fingerprint density at radius 1 is 1.23 bits per heavy atom. The zero-order valence-electron chi connectivity index (χ0n) is 15.0. The fraction of sp³-hybridized carbons (Fsp3) is 0.632. The molecule has 1 aliphatic heterocycles. The van der Waals surface area contributed by atoms with Crippen LogP contribution in [0.25, 0.3) is 0 Å². The molecule has 1 unspecified atom stereocenters. The van der Waals surface area contributed by atoms with Gasteiger partial charge in [0.2, 0.25) is 5.91 Å². The van der Waals surface area contributed by atoms with Crippen LogP contribution in [-0.4, -0.2) is 16.8 Å². The first-order valence-corrected chi connectivity index (χ1v) is 8.28. The van der Waals surface area contributed by atoms with Gasteiger partial charge in [0.05, 0.1) is 0 Å². The van der Waals surface area contributed by atoms with Gasteiger partial charge in [-0.2, -0.15) is 0 Å². The second kappa shape index (κ2) is 7.26. The highest BCUT2D eigenvalue weighted by atomic mass is 19.1. The van der Waals surface area contributed by atoms with E-state index in [4.69, 9.17) is 0 Å². The highest BCUT2D eigenvalue weighted by Gasteiger charge is 2.37. The van der Waals surface area contributed by atoms with Crippen LogP contribution < -0.4 is 0 Å². The highest BCUT2D eigenvalue weighted by Crippen LogP contribution is 2.34. The van der Waals surface area contributed by atoms with E-state index in [1.165, 1.54) is 11.6 Å². The lowest BCUT2D eigenvalue weighted by Crippen LogP contribution is -2.51. The molecule has 1 amide bonds. The molecule has 1 heterocycles. The van der Waals surface area contributed by atoms with Crippen molar-refractivity contribution in [2.24, 2.45) is 11.3 Å². The molecule has 0 aliphatic carbocycles. The molecule has 0 fully saturated rings. The number of hydrogen-bond acceptors (Lipinski definition) is 1. The molecule has 0 bridgehead atoms. The Hall–Kier alpha value is -1.38. The molecule has 1 atom stereocenters. The number of hydrogen-bond donors (Lipinski definition) is 0. The van der Waals surface area contributed by atoms with Crippen LogP contribution in [0.2, 0.25) is 0 Å². The largest absolute Gasteiger partial charge is 0.334 e. The predicted molar refractivity (Wildman–Crippen MR) is 90.1 cm³/mol. The molecule has 0 aromatic heterocycles. The third kappa shape index (κ3) is 4.08. The third-order valence-corrected chi connectivity index (χ3v) is 4.08. The number of benzene rings is 1. The summed E-state index contributed by atoms with van der Waals surface area (Å²) in [7, 11) is 0. The van der Waals surface area contributed by atoms with Crippen LogP contribution in [0.1, 0.15) is 59.6 Å². The lowest BCUT2D eigenvalue weighted by Gasteiger charge is -2.44. The maximum atomic E-state index is 13.4. The van der Waals surface area contributed by atoms with Gasteiger partial charge in [0.1, 0.15) is 5.82 Å². The summed E-state index contributed by atoms with van der Waals surface area (Å²) in [5.74, 6) is -0.107. The van der Waals surface area contributed by atoms with Crippen LogP contribution in [0.15, 0.2) is 18.2 Å². The molecular formula is C19H30FNO. The van der Waals surface area contributed by atoms with Crippen molar-refractivity contribution in [3.8, 4) is 0 Å². The number of carbonyl (C=O) groups excluding carboxylic acids is 1. The van der Waals surface area contributed by atoms with Gasteiger partial charge in [-0.25, -0.2) is 4.39 Å². The molecular weight excluding hydrogens is 277 g/mol. The van der Waals surface area contributed by atoms with Crippen LogP contribution >= 0.6 is 0 Å². The average molecular weight is 307 g/mol. The topological polar surface area (TPSA) is 20.3 Å². The molecule has 3 heteroatoms. The lowest BCUT2D eigenvalue weighted by molar-refractivity contribution is -0.140. The maximum absolute atomic E-state index is 13.4. The molecule has 2 nitrogen and oxygen atoms in total. The second-order valence-electron chi connectivity index (χ2n) is 7.12. The zero-order valence-corrected chi connectivity index (χ0v) is 15.0. The molecule has 1 aliphatic rings. The Morgan fingerprint density at radius 3 is 2.32 bits per heavy atom. The summed E-state index contributed by atoms with van der Waals surface area (Å²) in [6, 6.07) is 5.10. The van der Waals surface area contributed by atoms with E-state index in [1.807, 2.05) is 38.7 Å². The third-order valence-electron chi connectivity index (χ3n) is 4.08. The number of fused-ring (bicyclic) bond motifs is 1. The summed E-state index contributed by atoms with van der Waals surface area (Å²) in [5.41, 5.74) is 2.12. The molecule has 124 valence electrons. The van der Waals surface area contributed by atoms with E-state index in [9.17, 15) is 9.18 Å². The summed E-state index contributed by atoms with van der Waals surface area (Å²) < 4.78 is 13.4. The van der Waals surface area contributed by atoms with Gasteiger partial charge in [0.15, 0.2) is 0 Å². The molecule has 0 radical (unpaired) electrons. The summed E-state index contributed by atoms with van der Waals surface area (Å²) in [4.78, 5) is 14.4. The van der Waals surface area contributed by atoms with Crippen molar-refractivity contribution in [2.45, 2.75) is 67.5 Å². The fourth-order valence-corrected chi connectivity index (χ4v) is 2.89. The quantitative estimate of drug-likeness (QED) is 0.729. The number of nitrogens with zero attached hydrogens (tertiary/aromatic N) is 1. The Labute approximate surface area is 134 Å². The number of halogens is 1. The molecule has 22 heavy (non-hydrogen) atoms. The fourth-order valence-electron chi connectivity index (χ4n) is 2.89. The Bertz CT molecular complexity index is 517. The molecule has 2 rings (SSSR count). The van der Waals surface area contributed by atoms with Crippen LogP contribution in [0.4, 0.5) is 4.39 Å². The van der Waals surface area contributed by atoms with Gasteiger partial charge < -0.3 is 4.90 Å². The maximum Gasteiger partial charge on any atom is 0.225 e. The van der Waals surface area contributed by atoms with E-state index < -0.39 is 0 Å². The average Bonchev–Trinajstić information content (AvgIpc) is 2.46. The first-order chi connectivity index (χ1) is 10.2. The van der Waals surface area contributed by atoms with Crippen molar-refractivity contribution in [1.29, 1.82) is 0 Å². The van der Waals surface area contributed by atoms with Gasteiger partial charge >= 0.3 is 0 Å². The van der Waals surface area contributed by atoms with E-state index in [2.05, 4.69) is 20.8 Å². The predicted octanol–water partition coefficient (Wildman–Crippen LogP) is 4.81. The number of amides is 1. The molecule has 0 saturated heterocycles. The van der Waals surface area contributed by atoms with E-state index in [0.29, 0.717) is 6.54 Å². The molecule has 0 saturated carbocycles. The summed E-state index contributed by atoms with van der Waals surface area (Å²) >= 11 is 0. The van der Waals surface area contributed by atoms with E-state index in [0.717, 1.165) is 12.0 Å². The normalized spacial score (nSPS) is 17.7. The van der Waals surface area contributed by atoms with Crippen molar-refractivity contribution in [3.63, 3.8) is 0 Å². The standard InChI is InChI=1S/C17H24FNO.C2H6/c1-11(2)16(20)19-10-13-8-14(18)7-6-12(13)9-15(19)17(3,4)5;1-2/h6-8,11,15H,9-10H2,1-5H3;1-2H3.